The van der Waals surface area contributed by atoms with E-state index >= 15 is 0 Å². The van der Waals surface area contributed by atoms with Crippen LogP contribution in [-0.4, -0.2) is 52.0 Å². The van der Waals surface area contributed by atoms with E-state index in [-0.39, 0.29) is 0 Å². The Labute approximate surface area is 107 Å². The second-order valence-corrected chi connectivity index (χ2v) is 4.68. The van der Waals surface area contributed by atoms with E-state index < -0.39 is 0 Å². The van der Waals surface area contributed by atoms with Gasteiger partial charge >= 0.3 is 0 Å². The van der Waals surface area contributed by atoms with Crippen LogP contribution in [0.15, 0.2) is 0 Å². The van der Waals surface area contributed by atoms with Crippen LogP contribution in [-0.2, 0) is 9.47 Å². The highest BCUT2D eigenvalue weighted by Gasteiger charge is 1.98. The summed E-state index contributed by atoms with van der Waals surface area (Å²) in [5, 5.41) is 0. The summed E-state index contributed by atoms with van der Waals surface area (Å²) in [5.74, 6) is 0. The maximum atomic E-state index is 5.44. The van der Waals surface area contributed by atoms with Crippen LogP contribution >= 0.6 is 0 Å². The summed E-state index contributed by atoms with van der Waals surface area (Å²) in [7, 11) is 3.87. The van der Waals surface area contributed by atoms with Crippen LogP contribution in [0.1, 0.15) is 45.4 Å². The van der Waals surface area contributed by atoms with Gasteiger partial charge in [-0.1, -0.05) is 39.0 Å². The van der Waals surface area contributed by atoms with Gasteiger partial charge in [0.1, 0.15) is 0 Å². The molecule has 0 heterocycles. The Morgan fingerprint density at radius 3 is 2.24 bits per heavy atom. The van der Waals surface area contributed by atoms with Gasteiger partial charge in [-0.25, -0.2) is 0 Å². The molecule has 3 heteroatoms. The van der Waals surface area contributed by atoms with Gasteiger partial charge in [0.2, 0.25) is 0 Å². The first kappa shape index (κ1) is 16.9. The standard InChI is InChI=1S/C14H31NO2/c1-4-5-6-7-8-9-10-15(2)11-12-17-14-13-16-3/h4-14H2,1-3H3. The van der Waals surface area contributed by atoms with Crippen LogP contribution in [0.25, 0.3) is 0 Å². The van der Waals surface area contributed by atoms with Gasteiger partial charge in [0.15, 0.2) is 0 Å². The largest absolute Gasteiger partial charge is 0.382 e. The first-order chi connectivity index (χ1) is 8.31. The number of methoxy groups -OCH3 is 1. The average Bonchev–Trinajstić information content (AvgIpc) is 2.33. The van der Waals surface area contributed by atoms with Crippen molar-refractivity contribution in [2.45, 2.75) is 45.4 Å². The Bertz CT molecular complexity index is 142. The highest BCUT2D eigenvalue weighted by molar-refractivity contribution is 4.52. The topological polar surface area (TPSA) is 21.7 Å². The molecule has 0 aromatic carbocycles. The van der Waals surface area contributed by atoms with Crippen molar-refractivity contribution in [1.29, 1.82) is 0 Å². The summed E-state index contributed by atoms with van der Waals surface area (Å²) in [6.45, 7) is 6.70. The predicted molar refractivity (Wildman–Crippen MR) is 73.6 cm³/mol. The summed E-state index contributed by atoms with van der Waals surface area (Å²) in [5.41, 5.74) is 0. The second kappa shape index (κ2) is 13.9. The monoisotopic (exact) mass is 245 g/mol. The highest BCUT2D eigenvalue weighted by Crippen LogP contribution is 2.05. The highest BCUT2D eigenvalue weighted by atomic mass is 16.5. The van der Waals surface area contributed by atoms with E-state index in [1.54, 1.807) is 7.11 Å². The molecule has 0 rings (SSSR count). The van der Waals surface area contributed by atoms with Gasteiger partial charge in [-0.15, -0.1) is 0 Å². The molecule has 0 radical (unpaired) electrons. The molecule has 0 aromatic heterocycles. The van der Waals surface area contributed by atoms with Gasteiger partial charge in [-0.2, -0.15) is 0 Å². The molecule has 0 aromatic rings. The Morgan fingerprint density at radius 1 is 0.824 bits per heavy atom. The van der Waals surface area contributed by atoms with E-state index in [1.165, 1.54) is 45.1 Å². The lowest BCUT2D eigenvalue weighted by Gasteiger charge is -2.16. The third-order valence-electron chi connectivity index (χ3n) is 2.94. The summed E-state index contributed by atoms with van der Waals surface area (Å²) < 4.78 is 10.4. The summed E-state index contributed by atoms with van der Waals surface area (Å²) in [6.07, 6.45) is 8.21. The normalized spacial score (nSPS) is 11.3. The van der Waals surface area contributed by atoms with E-state index in [0.29, 0.717) is 13.2 Å². The molecule has 3 nitrogen and oxygen atoms in total. The molecule has 0 bridgehead atoms. The number of unbranched alkanes of at least 4 members (excludes halogenated alkanes) is 5. The smallest absolute Gasteiger partial charge is 0.0700 e. The van der Waals surface area contributed by atoms with E-state index in [2.05, 4.69) is 18.9 Å². The van der Waals surface area contributed by atoms with Crippen LogP contribution in [0.3, 0.4) is 0 Å². The number of hydrogen-bond donors (Lipinski definition) is 0. The average molecular weight is 245 g/mol. The molecule has 17 heavy (non-hydrogen) atoms. The minimum Gasteiger partial charge on any atom is -0.382 e. The fraction of sp³-hybridized carbons (Fsp3) is 1.00. The van der Waals surface area contributed by atoms with Gasteiger partial charge in [-0.3, -0.25) is 0 Å². The van der Waals surface area contributed by atoms with Gasteiger partial charge in [-0.05, 0) is 20.0 Å². The maximum absolute atomic E-state index is 5.44. The van der Waals surface area contributed by atoms with Crippen molar-refractivity contribution in [3.05, 3.63) is 0 Å². The van der Waals surface area contributed by atoms with Crippen molar-refractivity contribution in [1.82, 2.24) is 4.90 Å². The first-order valence-corrected chi connectivity index (χ1v) is 7.06. The lowest BCUT2D eigenvalue weighted by atomic mass is 10.1. The second-order valence-electron chi connectivity index (χ2n) is 4.68. The quantitative estimate of drug-likeness (QED) is 0.466. The van der Waals surface area contributed by atoms with E-state index in [1.807, 2.05) is 0 Å². The zero-order valence-corrected chi connectivity index (χ0v) is 12.0. The van der Waals surface area contributed by atoms with Crippen LogP contribution in [0.4, 0.5) is 0 Å². The Balaban J connectivity index is 3.09. The number of nitrogens with zero attached hydrogens (tertiary/aromatic N) is 1. The van der Waals surface area contributed by atoms with E-state index in [0.717, 1.165) is 13.2 Å². The first-order valence-electron chi connectivity index (χ1n) is 7.06. The number of rotatable bonds is 13. The number of likely N-dealkylation sites (N-methyl/N-ethyl adjacent to an activating group) is 1. The molecular formula is C14H31NO2. The minimum atomic E-state index is 0.696. The van der Waals surface area contributed by atoms with E-state index in [9.17, 15) is 0 Å². The molecule has 0 atom stereocenters. The summed E-state index contributed by atoms with van der Waals surface area (Å²) in [6, 6.07) is 0. The Morgan fingerprint density at radius 2 is 1.53 bits per heavy atom. The van der Waals surface area contributed by atoms with E-state index in [4.69, 9.17) is 9.47 Å². The van der Waals surface area contributed by atoms with Crippen molar-refractivity contribution >= 4 is 0 Å². The summed E-state index contributed by atoms with van der Waals surface area (Å²) in [4.78, 5) is 2.35. The minimum absolute atomic E-state index is 0.696. The van der Waals surface area contributed by atoms with Crippen LogP contribution in [0.2, 0.25) is 0 Å². The molecule has 0 aliphatic heterocycles. The van der Waals surface area contributed by atoms with Crippen molar-refractivity contribution in [2.75, 3.05) is 47.1 Å². The molecule has 0 fully saturated rings. The Kier molecular flexibility index (Phi) is 13.8. The van der Waals surface area contributed by atoms with Crippen LogP contribution in [0, 0.1) is 0 Å². The van der Waals surface area contributed by atoms with Crippen molar-refractivity contribution in [2.24, 2.45) is 0 Å². The van der Waals surface area contributed by atoms with Crippen LogP contribution in [0.5, 0.6) is 0 Å². The van der Waals surface area contributed by atoms with Crippen LogP contribution < -0.4 is 0 Å². The molecule has 0 aliphatic carbocycles. The molecule has 0 unspecified atom stereocenters. The van der Waals surface area contributed by atoms with Crippen molar-refractivity contribution in [3.63, 3.8) is 0 Å². The molecule has 0 saturated carbocycles. The van der Waals surface area contributed by atoms with Crippen molar-refractivity contribution < 1.29 is 9.47 Å². The van der Waals surface area contributed by atoms with Crippen molar-refractivity contribution in [3.8, 4) is 0 Å². The summed E-state index contributed by atoms with van der Waals surface area (Å²) >= 11 is 0. The SMILES string of the molecule is CCCCCCCCN(C)CCOCCOC. The Hall–Kier alpha value is -0.120. The maximum Gasteiger partial charge on any atom is 0.0700 e. The molecule has 0 aliphatic rings. The third kappa shape index (κ3) is 13.8. The molecular weight excluding hydrogens is 214 g/mol. The predicted octanol–water partition coefficient (Wildman–Crippen LogP) is 2.94. The van der Waals surface area contributed by atoms with Gasteiger partial charge in [0, 0.05) is 13.7 Å². The number of ether oxygens (including phenoxy) is 2. The molecule has 0 saturated heterocycles. The fourth-order valence-corrected chi connectivity index (χ4v) is 1.74. The lowest BCUT2D eigenvalue weighted by molar-refractivity contribution is 0.0604. The van der Waals surface area contributed by atoms with Gasteiger partial charge in [0.05, 0.1) is 19.8 Å². The fourth-order valence-electron chi connectivity index (χ4n) is 1.74. The molecule has 0 spiro atoms. The molecule has 104 valence electrons. The van der Waals surface area contributed by atoms with Gasteiger partial charge < -0.3 is 14.4 Å². The third-order valence-corrected chi connectivity index (χ3v) is 2.94. The zero-order chi connectivity index (χ0) is 12.8. The number of hydrogen-bond acceptors (Lipinski definition) is 3. The molecule has 0 amide bonds. The van der Waals surface area contributed by atoms with Gasteiger partial charge in [0.25, 0.3) is 0 Å². The zero-order valence-electron chi connectivity index (χ0n) is 12.0. The lowest BCUT2D eigenvalue weighted by Crippen LogP contribution is -2.24. The molecule has 0 N–H and O–H groups in total.